The zero-order valence-electron chi connectivity index (χ0n) is 10.4. The summed E-state index contributed by atoms with van der Waals surface area (Å²) in [5.74, 6) is -0.123. The lowest BCUT2D eigenvalue weighted by molar-refractivity contribution is 0.102. The Hall–Kier alpha value is -1.32. The number of carbonyl (C=O) groups is 1. The van der Waals surface area contributed by atoms with Gasteiger partial charge in [-0.2, -0.15) is 0 Å². The molecule has 2 rings (SSSR count). The Bertz CT molecular complexity index is 613. The Morgan fingerprint density at radius 2 is 2.00 bits per heavy atom. The first-order valence-corrected chi connectivity index (χ1v) is 7.33. The standard InChI is InChI=1S/C15H13BrClNO/c1-10-8-12(17)6-7-13(10)15(19)18-14-5-3-2-4-11(14)9-16/h2-8H,9H2,1H3,(H,18,19). The number of para-hydroxylation sites is 1. The van der Waals surface area contributed by atoms with E-state index in [4.69, 9.17) is 11.6 Å². The van der Waals surface area contributed by atoms with Gasteiger partial charge in [-0.3, -0.25) is 4.79 Å². The first-order chi connectivity index (χ1) is 9.11. The second-order valence-electron chi connectivity index (χ2n) is 4.20. The van der Waals surface area contributed by atoms with Gasteiger partial charge in [-0.25, -0.2) is 0 Å². The van der Waals surface area contributed by atoms with Crippen LogP contribution in [-0.4, -0.2) is 5.91 Å². The van der Waals surface area contributed by atoms with Gasteiger partial charge in [0.1, 0.15) is 0 Å². The second kappa shape index (κ2) is 6.22. The maximum atomic E-state index is 12.2. The maximum absolute atomic E-state index is 12.2. The number of amides is 1. The van der Waals surface area contributed by atoms with E-state index in [1.54, 1.807) is 18.2 Å². The second-order valence-corrected chi connectivity index (χ2v) is 5.20. The molecule has 0 radical (unpaired) electrons. The van der Waals surface area contributed by atoms with Gasteiger partial charge in [0.15, 0.2) is 0 Å². The number of carbonyl (C=O) groups excluding carboxylic acids is 1. The fraction of sp³-hybridized carbons (Fsp3) is 0.133. The molecule has 0 saturated heterocycles. The quantitative estimate of drug-likeness (QED) is 0.801. The molecule has 0 heterocycles. The zero-order valence-corrected chi connectivity index (χ0v) is 12.8. The molecule has 0 aliphatic heterocycles. The van der Waals surface area contributed by atoms with Crippen molar-refractivity contribution in [3.63, 3.8) is 0 Å². The third-order valence-electron chi connectivity index (χ3n) is 2.84. The zero-order chi connectivity index (χ0) is 13.8. The molecule has 0 aliphatic carbocycles. The summed E-state index contributed by atoms with van der Waals surface area (Å²) in [5, 5.41) is 4.26. The molecule has 2 aromatic carbocycles. The van der Waals surface area contributed by atoms with E-state index < -0.39 is 0 Å². The van der Waals surface area contributed by atoms with Crippen LogP contribution in [0.4, 0.5) is 5.69 Å². The third-order valence-corrected chi connectivity index (χ3v) is 3.68. The van der Waals surface area contributed by atoms with Crippen molar-refractivity contribution in [3.05, 3.63) is 64.2 Å². The van der Waals surface area contributed by atoms with Gasteiger partial charge >= 0.3 is 0 Å². The molecule has 0 saturated carbocycles. The van der Waals surface area contributed by atoms with Gasteiger partial charge < -0.3 is 5.32 Å². The molecule has 0 bridgehead atoms. The predicted molar refractivity (Wildman–Crippen MR) is 83.2 cm³/mol. The highest BCUT2D eigenvalue weighted by atomic mass is 79.9. The van der Waals surface area contributed by atoms with Crippen molar-refractivity contribution >= 4 is 39.1 Å². The molecule has 1 N–H and O–H groups in total. The van der Waals surface area contributed by atoms with Gasteiger partial charge in [-0.05, 0) is 42.3 Å². The Labute approximate surface area is 125 Å². The molecule has 0 fully saturated rings. The molecule has 0 unspecified atom stereocenters. The van der Waals surface area contributed by atoms with Crippen LogP contribution in [0.25, 0.3) is 0 Å². The molecule has 1 amide bonds. The van der Waals surface area contributed by atoms with Crippen molar-refractivity contribution in [2.24, 2.45) is 0 Å². The van der Waals surface area contributed by atoms with E-state index in [2.05, 4.69) is 21.2 Å². The molecule has 0 aliphatic rings. The predicted octanol–water partition coefficient (Wildman–Crippen LogP) is 4.80. The molecule has 19 heavy (non-hydrogen) atoms. The van der Waals surface area contributed by atoms with Gasteiger partial charge in [-0.15, -0.1) is 0 Å². The van der Waals surface area contributed by atoms with E-state index >= 15 is 0 Å². The third kappa shape index (κ3) is 3.37. The van der Waals surface area contributed by atoms with Gasteiger partial charge in [0.05, 0.1) is 0 Å². The van der Waals surface area contributed by atoms with Crippen LogP contribution in [0, 0.1) is 6.92 Å². The lowest BCUT2D eigenvalue weighted by Crippen LogP contribution is -2.14. The summed E-state index contributed by atoms with van der Waals surface area (Å²) in [4.78, 5) is 12.2. The number of anilines is 1. The van der Waals surface area contributed by atoms with Crippen molar-refractivity contribution in [1.29, 1.82) is 0 Å². The monoisotopic (exact) mass is 337 g/mol. The molecule has 0 spiro atoms. The van der Waals surface area contributed by atoms with Crippen LogP contribution in [0.15, 0.2) is 42.5 Å². The van der Waals surface area contributed by atoms with Crippen molar-refractivity contribution in [2.45, 2.75) is 12.3 Å². The molecule has 4 heteroatoms. The van der Waals surface area contributed by atoms with Gasteiger partial charge in [0.2, 0.25) is 0 Å². The fourth-order valence-electron chi connectivity index (χ4n) is 1.83. The number of nitrogens with one attached hydrogen (secondary N) is 1. The Morgan fingerprint density at radius 3 is 2.68 bits per heavy atom. The average Bonchev–Trinajstić information content (AvgIpc) is 2.39. The van der Waals surface area contributed by atoms with Gasteiger partial charge in [-0.1, -0.05) is 45.7 Å². The Balaban J connectivity index is 2.26. The minimum atomic E-state index is -0.123. The summed E-state index contributed by atoms with van der Waals surface area (Å²) in [6.07, 6.45) is 0. The highest BCUT2D eigenvalue weighted by Crippen LogP contribution is 2.20. The highest BCUT2D eigenvalue weighted by molar-refractivity contribution is 9.08. The minimum absolute atomic E-state index is 0.123. The van der Waals surface area contributed by atoms with Crippen molar-refractivity contribution < 1.29 is 4.79 Å². The van der Waals surface area contributed by atoms with E-state index in [1.807, 2.05) is 31.2 Å². The molecule has 0 atom stereocenters. The molecule has 2 aromatic rings. The van der Waals surface area contributed by atoms with Gasteiger partial charge in [0, 0.05) is 21.6 Å². The summed E-state index contributed by atoms with van der Waals surface area (Å²) in [5.41, 5.74) is 3.36. The number of hydrogen-bond donors (Lipinski definition) is 1. The van der Waals surface area contributed by atoms with Crippen LogP contribution < -0.4 is 5.32 Å². The van der Waals surface area contributed by atoms with Crippen LogP contribution in [0.1, 0.15) is 21.5 Å². The van der Waals surface area contributed by atoms with Crippen LogP contribution in [0.3, 0.4) is 0 Å². The smallest absolute Gasteiger partial charge is 0.255 e. The lowest BCUT2D eigenvalue weighted by atomic mass is 10.1. The average molecular weight is 339 g/mol. The van der Waals surface area contributed by atoms with E-state index in [-0.39, 0.29) is 5.91 Å². The fourth-order valence-corrected chi connectivity index (χ4v) is 2.55. The van der Waals surface area contributed by atoms with Crippen molar-refractivity contribution in [3.8, 4) is 0 Å². The summed E-state index contributed by atoms with van der Waals surface area (Å²) < 4.78 is 0. The normalized spacial score (nSPS) is 10.3. The van der Waals surface area contributed by atoms with E-state index in [9.17, 15) is 4.79 Å². The SMILES string of the molecule is Cc1cc(Cl)ccc1C(=O)Nc1ccccc1CBr. The summed E-state index contributed by atoms with van der Waals surface area (Å²) in [6, 6.07) is 12.9. The highest BCUT2D eigenvalue weighted by Gasteiger charge is 2.11. The number of rotatable bonds is 3. The first-order valence-electron chi connectivity index (χ1n) is 5.83. The van der Waals surface area contributed by atoms with Crippen LogP contribution in [0.5, 0.6) is 0 Å². The van der Waals surface area contributed by atoms with Crippen molar-refractivity contribution in [1.82, 2.24) is 0 Å². The largest absolute Gasteiger partial charge is 0.322 e. The van der Waals surface area contributed by atoms with Crippen LogP contribution in [0.2, 0.25) is 5.02 Å². The molecular formula is C15H13BrClNO. The number of halogens is 2. The maximum Gasteiger partial charge on any atom is 0.255 e. The Kier molecular flexibility index (Phi) is 4.61. The number of hydrogen-bond acceptors (Lipinski definition) is 1. The number of aryl methyl sites for hydroxylation is 1. The van der Waals surface area contributed by atoms with Crippen molar-refractivity contribution in [2.75, 3.05) is 5.32 Å². The van der Waals surface area contributed by atoms with Crippen LogP contribution >= 0.6 is 27.5 Å². The van der Waals surface area contributed by atoms with E-state index in [0.717, 1.165) is 16.8 Å². The topological polar surface area (TPSA) is 29.1 Å². The molecular weight excluding hydrogens is 326 g/mol. The Morgan fingerprint density at radius 1 is 1.26 bits per heavy atom. The first kappa shape index (κ1) is 14.1. The van der Waals surface area contributed by atoms with Gasteiger partial charge in [0.25, 0.3) is 5.91 Å². The molecule has 0 aromatic heterocycles. The lowest BCUT2D eigenvalue weighted by Gasteiger charge is -2.10. The van der Waals surface area contributed by atoms with E-state index in [1.165, 1.54) is 0 Å². The van der Waals surface area contributed by atoms with Crippen LogP contribution in [-0.2, 0) is 5.33 Å². The number of alkyl halides is 1. The molecule has 98 valence electrons. The minimum Gasteiger partial charge on any atom is -0.322 e. The summed E-state index contributed by atoms with van der Waals surface area (Å²) in [6.45, 7) is 1.87. The van der Waals surface area contributed by atoms with E-state index in [0.29, 0.717) is 15.9 Å². The molecule has 2 nitrogen and oxygen atoms in total. The number of benzene rings is 2. The summed E-state index contributed by atoms with van der Waals surface area (Å²) >= 11 is 9.30. The summed E-state index contributed by atoms with van der Waals surface area (Å²) in [7, 11) is 0.